The van der Waals surface area contributed by atoms with E-state index in [-0.39, 0.29) is 6.79 Å². The van der Waals surface area contributed by atoms with E-state index in [1.807, 2.05) is 24.3 Å². The lowest BCUT2D eigenvalue weighted by atomic mass is 10.1. The Labute approximate surface area is 245 Å². The van der Waals surface area contributed by atoms with Gasteiger partial charge in [0.2, 0.25) is 6.79 Å². The molecule has 11 nitrogen and oxygen atoms in total. The molecule has 3 heterocycles. The number of nitrogens with zero attached hydrogens (tertiary/aromatic N) is 5. The van der Waals surface area contributed by atoms with Crippen molar-refractivity contribution >= 4 is 22.3 Å². The number of methoxy groups -OCH3 is 2. The number of rotatable bonds is 10. The summed E-state index contributed by atoms with van der Waals surface area (Å²) in [7, 11) is 3.18. The molecule has 0 unspecified atom stereocenters. The summed E-state index contributed by atoms with van der Waals surface area (Å²) in [5, 5.41) is 22.8. The summed E-state index contributed by atoms with van der Waals surface area (Å²) >= 11 is 0. The molecular formula is C31H32N6O5. The van der Waals surface area contributed by atoms with Gasteiger partial charge in [-0.2, -0.15) is 10.5 Å². The summed E-state index contributed by atoms with van der Waals surface area (Å²) in [6.07, 6.45) is 2.39. The number of hydrogen-bond donors (Lipinski definition) is 1. The monoisotopic (exact) mass is 568 g/mol. The van der Waals surface area contributed by atoms with Crippen molar-refractivity contribution in [1.82, 2.24) is 14.8 Å². The van der Waals surface area contributed by atoms with E-state index in [9.17, 15) is 5.26 Å². The number of piperazine rings is 1. The highest BCUT2D eigenvalue weighted by Crippen LogP contribution is 2.44. The first kappa shape index (κ1) is 28.8. The molecule has 2 aliphatic heterocycles. The van der Waals surface area contributed by atoms with Crippen LogP contribution in [0.15, 0.2) is 30.5 Å². The molecule has 216 valence electrons. The molecule has 0 saturated carbocycles. The smallest absolute Gasteiger partial charge is 0.231 e. The third kappa shape index (κ3) is 6.43. The van der Waals surface area contributed by atoms with E-state index in [1.165, 1.54) is 6.20 Å². The summed E-state index contributed by atoms with van der Waals surface area (Å²) < 4.78 is 28.3. The first-order valence-electron chi connectivity index (χ1n) is 13.7. The maximum Gasteiger partial charge on any atom is 0.231 e. The minimum Gasteiger partial charge on any atom is -0.493 e. The second-order valence-corrected chi connectivity index (χ2v) is 9.74. The molecule has 1 N–H and O–H groups in total. The average Bonchev–Trinajstić information content (AvgIpc) is 3.52. The first-order chi connectivity index (χ1) is 20.6. The summed E-state index contributed by atoms with van der Waals surface area (Å²) in [6, 6.07) is 11.8. The highest BCUT2D eigenvalue weighted by Gasteiger charge is 2.23. The van der Waals surface area contributed by atoms with Gasteiger partial charge in [-0.1, -0.05) is 11.8 Å². The van der Waals surface area contributed by atoms with E-state index in [1.54, 1.807) is 14.2 Å². The van der Waals surface area contributed by atoms with Crippen LogP contribution in [-0.4, -0.2) is 88.3 Å². The van der Waals surface area contributed by atoms with E-state index in [0.717, 1.165) is 39.1 Å². The molecule has 11 heteroatoms. The fourth-order valence-corrected chi connectivity index (χ4v) is 4.96. The Kier molecular flexibility index (Phi) is 9.43. The van der Waals surface area contributed by atoms with Gasteiger partial charge in [0, 0.05) is 57.5 Å². The van der Waals surface area contributed by atoms with Crippen LogP contribution < -0.4 is 24.3 Å². The number of aromatic nitrogens is 1. The number of pyridine rings is 1. The van der Waals surface area contributed by atoms with Crippen molar-refractivity contribution < 1.29 is 23.7 Å². The van der Waals surface area contributed by atoms with E-state index in [2.05, 4.69) is 44.1 Å². The van der Waals surface area contributed by atoms with Crippen LogP contribution in [0.1, 0.15) is 17.5 Å². The van der Waals surface area contributed by atoms with Crippen LogP contribution in [0.4, 0.5) is 11.4 Å². The molecule has 0 bridgehead atoms. The molecule has 1 aromatic heterocycles. The predicted molar refractivity (Wildman–Crippen MR) is 156 cm³/mol. The van der Waals surface area contributed by atoms with Crippen molar-refractivity contribution in [3.8, 4) is 47.0 Å². The molecule has 0 atom stereocenters. The zero-order valence-electron chi connectivity index (χ0n) is 23.7. The molecule has 42 heavy (non-hydrogen) atoms. The second-order valence-electron chi connectivity index (χ2n) is 9.74. The Morgan fingerprint density at radius 1 is 1.00 bits per heavy atom. The van der Waals surface area contributed by atoms with Crippen LogP contribution >= 0.6 is 0 Å². The van der Waals surface area contributed by atoms with Crippen molar-refractivity contribution in [2.75, 3.05) is 78.8 Å². The maximum absolute atomic E-state index is 9.89. The summed E-state index contributed by atoms with van der Waals surface area (Å²) in [5.41, 5.74) is 2.91. The van der Waals surface area contributed by atoms with Crippen LogP contribution in [0.25, 0.3) is 10.9 Å². The third-order valence-corrected chi connectivity index (χ3v) is 7.13. The van der Waals surface area contributed by atoms with Crippen molar-refractivity contribution in [1.29, 1.82) is 10.5 Å². The van der Waals surface area contributed by atoms with Crippen molar-refractivity contribution in [3.05, 3.63) is 41.6 Å². The largest absolute Gasteiger partial charge is 0.493 e. The van der Waals surface area contributed by atoms with Crippen LogP contribution in [0.3, 0.4) is 0 Å². The second kappa shape index (κ2) is 13.8. The Morgan fingerprint density at radius 2 is 1.81 bits per heavy atom. The fraction of sp³-hybridized carbons (Fsp3) is 0.387. The van der Waals surface area contributed by atoms with E-state index in [0.29, 0.717) is 76.2 Å². The van der Waals surface area contributed by atoms with E-state index < -0.39 is 0 Å². The zero-order valence-corrected chi connectivity index (χ0v) is 23.7. The van der Waals surface area contributed by atoms with Gasteiger partial charge in [-0.3, -0.25) is 9.88 Å². The predicted octanol–water partition coefficient (Wildman–Crippen LogP) is 3.50. The molecule has 0 amide bonds. The normalized spacial score (nSPS) is 14.5. The number of nitrogens with one attached hydrogen (secondary N) is 1. The third-order valence-electron chi connectivity index (χ3n) is 7.13. The topological polar surface area (TPSA) is 125 Å². The molecule has 0 aliphatic carbocycles. The zero-order chi connectivity index (χ0) is 29.3. The molecule has 2 aliphatic rings. The van der Waals surface area contributed by atoms with Crippen LogP contribution in [0.2, 0.25) is 0 Å². The summed E-state index contributed by atoms with van der Waals surface area (Å²) in [4.78, 5) is 9.08. The standard InChI is InChI=1S/C31H32N6O5/c1-38-15-3-5-22-6-7-25(31-30(22)41-21-42-31)35-29-23(19-33)20-34-26-18-28(27(39-2)17-24(26)29)40-16-4-9-36-11-13-37(10-8-32)14-12-36/h6-7,17-18,20H,4,9-16,21H2,1-2H3,(H,34,35). The summed E-state index contributed by atoms with van der Waals surface area (Å²) in [5.74, 6) is 8.16. The SMILES string of the molecule is COCC#Cc1ccc(Nc2c(C#N)cnc3cc(OCCCN4CCN(CC#N)CC4)c(OC)cc23)c2c1OCO2. The number of ether oxygens (including phenoxy) is 5. The highest BCUT2D eigenvalue weighted by molar-refractivity contribution is 5.98. The lowest BCUT2D eigenvalue weighted by molar-refractivity contribution is 0.136. The maximum atomic E-state index is 9.89. The van der Waals surface area contributed by atoms with Crippen molar-refractivity contribution in [2.45, 2.75) is 6.42 Å². The van der Waals surface area contributed by atoms with Gasteiger partial charge >= 0.3 is 0 Å². The Morgan fingerprint density at radius 3 is 2.57 bits per heavy atom. The number of anilines is 2. The molecule has 1 fully saturated rings. The number of nitriles is 2. The molecule has 2 aromatic carbocycles. The first-order valence-corrected chi connectivity index (χ1v) is 13.7. The number of benzene rings is 2. The van der Waals surface area contributed by atoms with Gasteiger partial charge in [0.25, 0.3) is 0 Å². The van der Waals surface area contributed by atoms with Crippen LogP contribution in [0, 0.1) is 34.5 Å². The van der Waals surface area contributed by atoms with Gasteiger partial charge in [-0.25, -0.2) is 0 Å². The minimum absolute atomic E-state index is 0.0705. The van der Waals surface area contributed by atoms with E-state index >= 15 is 0 Å². The fourth-order valence-electron chi connectivity index (χ4n) is 4.96. The quantitative estimate of drug-likeness (QED) is 0.219. The molecule has 0 spiro atoms. The molecule has 0 radical (unpaired) electrons. The minimum atomic E-state index is 0.0705. The van der Waals surface area contributed by atoms with Crippen LogP contribution in [-0.2, 0) is 4.74 Å². The van der Waals surface area contributed by atoms with Crippen molar-refractivity contribution in [3.63, 3.8) is 0 Å². The molecule has 1 saturated heterocycles. The Bertz CT molecular complexity index is 1580. The van der Waals surface area contributed by atoms with Crippen LogP contribution in [0.5, 0.6) is 23.0 Å². The molecule has 3 aromatic rings. The molecule has 5 rings (SSSR count). The van der Waals surface area contributed by atoms with E-state index in [4.69, 9.17) is 28.9 Å². The Hall–Kier alpha value is -4.73. The number of hydrogen-bond acceptors (Lipinski definition) is 11. The number of fused-ring (bicyclic) bond motifs is 2. The average molecular weight is 569 g/mol. The van der Waals surface area contributed by atoms with Gasteiger partial charge in [-0.15, -0.1) is 0 Å². The van der Waals surface area contributed by atoms with Crippen molar-refractivity contribution in [2.24, 2.45) is 0 Å². The lowest BCUT2D eigenvalue weighted by Crippen LogP contribution is -2.46. The van der Waals surface area contributed by atoms with Gasteiger partial charge in [0.1, 0.15) is 12.7 Å². The Balaban J connectivity index is 1.33. The van der Waals surface area contributed by atoms with Gasteiger partial charge in [0.15, 0.2) is 23.0 Å². The van der Waals surface area contributed by atoms with Gasteiger partial charge in [-0.05, 0) is 24.6 Å². The van der Waals surface area contributed by atoms with Gasteiger partial charge in [0.05, 0.1) is 54.3 Å². The van der Waals surface area contributed by atoms with Gasteiger partial charge < -0.3 is 33.9 Å². The lowest BCUT2D eigenvalue weighted by Gasteiger charge is -2.33. The highest BCUT2D eigenvalue weighted by atomic mass is 16.7. The molecular weight excluding hydrogens is 536 g/mol. The summed E-state index contributed by atoms with van der Waals surface area (Å²) in [6.45, 7) is 6.02.